The summed E-state index contributed by atoms with van der Waals surface area (Å²) in [6, 6.07) is 8.52. The lowest BCUT2D eigenvalue weighted by Crippen LogP contribution is -2.46. The monoisotopic (exact) mass is 340 g/mol. The van der Waals surface area contributed by atoms with Crippen molar-refractivity contribution in [2.24, 2.45) is 7.05 Å². The SMILES string of the molecule is Cc1cc(N2CCCC(NCc3ccc(-c4ccn[nH]4)o3)C2)n(C)n1. The molecule has 0 bridgehead atoms. The summed E-state index contributed by atoms with van der Waals surface area (Å²) < 4.78 is 7.86. The Kier molecular flexibility index (Phi) is 4.31. The van der Waals surface area contributed by atoms with Gasteiger partial charge in [-0.1, -0.05) is 0 Å². The van der Waals surface area contributed by atoms with Gasteiger partial charge in [0.15, 0.2) is 5.76 Å². The number of piperidine rings is 1. The van der Waals surface area contributed by atoms with Gasteiger partial charge in [-0.15, -0.1) is 0 Å². The molecular weight excluding hydrogens is 316 g/mol. The summed E-state index contributed by atoms with van der Waals surface area (Å²) in [5, 5.41) is 15.0. The molecule has 1 saturated heterocycles. The lowest BCUT2D eigenvalue weighted by atomic mass is 10.1. The molecule has 0 aliphatic carbocycles. The highest BCUT2D eigenvalue weighted by atomic mass is 16.3. The van der Waals surface area contributed by atoms with Gasteiger partial charge in [-0.05, 0) is 38.0 Å². The van der Waals surface area contributed by atoms with Crippen LogP contribution in [0.5, 0.6) is 0 Å². The number of aryl methyl sites for hydroxylation is 2. The Bertz CT molecular complexity index is 819. The highest BCUT2D eigenvalue weighted by Crippen LogP contribution is 2.22. The summed E-state index contributed by atoms with van der Waals surface area (Å²) in [5.41, 5.74) is 1.97. The van der Waals surface area contributed by atoms with Crippen molar-refractivity contribution in [3.8, 4) is 11.5 Å². The smallest absolute Gasteiger partial charge is 0.152 e. The number of furan rings is 1. The zero-order valence-electron chi connectivity index (χ0n) is 14.7. The van der Waals surface area contributed by atoms with Crippen LogP contribution < -0.4 is 10.2 Å². The zero-order valence-corrected chi connectivity index (χ0v) is 14.7. The van der Waals surface area contributed by atoms with Crippen LogP contribution in [-0.2, 0) is 13.6 Å². The average molecular weight is 340 g/mol. The molecule has 2 N–H and O–H groups in total. The Morgan fingerprint density at radius 3 is 3.04 bits per heavy atom. The number of rotatable bonds is 5. The van der Waals surface area contributed by atoms with Gasteiger partial charge in [0.25, 0.3) is 0 Å². The summed E-state index contributed by atoms with van der Waals surface area (Å²) in [6.07, 6.45) is 4.09. The number of aromatic amines is 1. The lowest BCUT2D eigenvalue weighted by Gasteiger charge is -2.34. The van der Waals surface area contributed by atoms with Crippen LogP contribution >= 0.6 is 0 Å². The minimum absolute atomic E-state index is 0.449. The third kappa shape index (κ3) is 3.46. The Morgan fingerprint density at radius 1 is 1.36 bits per heavy atom. The quantitative estimate of drug-likeness (QED) is 0.746. The lowest BCUT2D eigenvalue weighted by molar-refractivity contribution is 0.394. The molecule has 0 saturated carbocycles. The molecule has 3 aromatic rings. The summed E-state index contributed by atoms with van der Waals surface area (Å²) in [7, 11) is 2.01. The van der Waals surface area contributed by atoms with Gasteiger partial charge in [0, 0.05) is 38.4 Å². The number of hydrogen-bond donors (Lipinski definition) is 2. The second-order valence-electron chi connectivity index (χ2n) is 6.67. The molecule has 132 valence electrons. The molecule has 1 fully saturated rings. The normalized spacial score (nSPS) is 18.0. The van der Waals surface area contributed by atoms with Gasteiger partial charge in [-0.2, -0.15) is 10.2 Å². The number of H-pyrrole nitrogens is 1. The van der Waals surface area contributed by atoms with Gasteiger partial charge >= 0.3 is 0 Å². The number of aromatic nitrogens is 4. The van der Waals surface area contributed by atoms with Crippen LogP contribution in [0.1, 0.15) is 24.3 Å². The van der Waals surface area contributed by atoms with Gasteiger partial charge < -0.3 is 14.6 Å². The first-order valence-electron chi connectivity index (χ1n) is 8.76. The van der Waals surface area contributed by atoms with Crippen molar-refractivity contribution in [1.82, 2.24) is 25.3 Å². The maximum absolute atomic E-state index is 5.89. The number of nitrogens with zero attached hydrogens (tertiary/aromatic N) is 4. The first-order chi connectivity index (χ1) is 12.2. The Hall–Kier alpha value is -2.54. The van der Waals surface area contributed by atoms with Crippen molar-refractivity contribution in [1.29, 1.82) is 0 Å². The molecule has 1 aliphatic heterocycles. The predicted octanol–water partition coefficient (Wildman–Crippen LogP) is 2.47. The van der Waals surface area contributed by atoms with E-state index in [1.807, 2.05) is 36.9 Å². The fraction of sp³-hybridized carbons (Fsp3) is 0.444. The molecule has 1 unspecified atom stereocenters. The molecule has 7 nitrogen and oxygen atoms in total. The maximum Gasteiger partial charge on any atom is 0.152 e. The summed E-state index contributed by atoms with van der Waals surface area (Å²) in [6.45, 7) is 4.85. The van der Waals surface area contributed by atoms with Crippen molar-refractivity contribution < 1.29 is 4.42 Å². The van der Waals surface area contributed by atoms with Crippen LogP contribution in [0.3, 0.4) is 0 Å². The van der Waals surface area contributed by atoms with E-state index in [4.69, 9.17) is 4.42 Å². The Balaban J connectivity index is 1.36. The Labute approximate surface area is 147 Å². The highest BCUT2D eigenvalue weighted by Gasteiger charge is 2.22. The van der Waals surface area contributed by atoms with Crippen LogP contribution in [0.15, 0.2) is 34.9 Å². The van der Waals surface area contributed by atoms with Crippen LogP contribution in [0.2, 0.25) is 0 Å². The van der Waals surface area contributed by atoms with Crippen molar-refractivity contribution in [3.63, 3.8) is 0 Å². The van der Waals surface area contributed by atoms with Crippen LogP contribution in [0.4, 0.5) is 5.82 Å². The molecule has 1 aliphatic rings. The van der Waals surface area contributed by atoms with Crippen LogP contribution in [0.25, 0.3) is 11.5 Å². The molecule has 4 rings (SSSR count). The number of hydrogen-bond acceptors (Lipinski definition) is 5. The van der Waals surface area contributed by atoms with Gasteiger partial charge in [0.1, 0.15) is 17.3 Å². The van der Waals surface area contributed by atoms with E-state index in [0.717, 1.165) is 42.5 Å². The first-order valence-corrected chi connectivity index (χ1v) is 8.76. The van der Waals surface area contributed by atoms with E-state index < -0.39 is 0 Å². The third-order valence-electron chi connectivity index (χ3n) is 4.72. The van der Waals surface area contributed by atoms with Crippen LogP contribution in [0, 0.1) is 6.92 Å². The van der Waals surface area contributed by atoms with E-state index in [1.54, 1.807) is 6.20 Å². The number of nitrogens with one attached hydrogen (secondary N) is 2. The summed E-state index contributed by atoms with van der Waals surface area (Å²) in [5.74, 6) is 2.96. The van der Waals surface area contributed by atoms with Gasteiger partial charge in [-0.25, -0.2) is 0 Å². The molecule has 7 heteroatoms. The summed E-state index contributed by atoms with van der Waals surface area (Å²) in [4.78, 5) is 2.42. The highest BCUT2D eigenvalue weighted by molar-refractivity contribution is 5.51. The fourth-order valence-corrected chi connectivity index (χ4v) is 3.50. The van der Waals surface area contributed by atoms with E-state index in [1.165, 1.54) is 18.7 Å². The molecule has 0 aromatic carbocycles. The molecular formula is C18H24N6O. The molecule has 0 radical (unpaired) electrons. The van der Waals surface area contributed by atoms with Gasteiger partial charge in [-0.3, -0.25) is 9.78 Å². The van der Waals surface area contributed by atoms with Crippen molar-refractivity contribution in [2.45, 2.75) is 32.4 Å². The topological polar surface area (TPSA) is 74.9 Å². The standard InChI is InChI=1S/C18H24N6O/c1-13-10-18(23(2)22-13)24-9-3-4-14(12-24)19-11-15-5-6-17(25-15)16-7-8-20-21-16/h5-8,10,14,19H,3-4,9,11-12H2,1-2H3,(H,20,21). The molecule has 0 amide bonds. The summed E-state index contributed by atoms with van der Waals surface area (Å²) >= 11 is 0. The third-order valence-corrected chi connectivity index (χ3v) is 4.72. The van der Waals surface area contributed by atoms with E-state index in [0.29, 0.717) is 6.04 Å². The zero-order chi connectivity index (χ0) is 17.2. The maximum atomic E-state index is 5.89. The molecule has 25 heavy (non-hydrogen) atoms. The fourth-order valence-electron chi connectivity index (χ4n) is 3.50. The van der Waals surface area contributed by atoms with Crippen molar-refractivity contribution in [3.05, 3.63) is 41.9 Å². The molecule has 4 heterocycles. The predicted molar refractivity (Wildman–Crippen MR) is 96.3 cm³/mol. The van der Waals surface area contributed by atoms with E-state index in [9.17, 15) is 0 Å². The molecule has 1 atom stereocenters. The van der Waals surface area contributed by atoms with E-state index in [2.05, 4.69) is 31.6 Å². The Morgan fingerprint density at radius 2 is 2.28 bits per heavy atom. The van der Waals surface area contributed by atoms with Crippen LogP contribution in [-0.4, -0.2) is 39.1 Å². The number of anilines is 1. The van der Waals surface area contributed by atoms with Crippen molar-refractivity contribution in [2.75, 3.05) is 18.0 Å². The van der Waals surface area contributed by atoms with E-state index >= 15 is 0 Å². The largest absolute Gasteiger partial charge is 0.458 e. The average Bonchev–Trinajstić information content (AvgIpc) is 3.33. The van der Waals surface area contributed by atoms with Gasteiger partial charge in [0.2, 0.25) is 0 Å². The van der Waals surface area contributed by atoms with Gasteiger partial charge in [0.05, 0.1) is 12.2 Å². The molecule has 0 spiro atoms. The second-order valence-corrected chi connectivity index (χ2v) is 6.67. The molecule has 3 aromatic heterocycles. The minimum Gasteiger partial charge on any atom is -0.458 e. The van der Waals surface area contributed by atoms with Crippen molar-refractivity contribution >= 4 is 5.82 Å². The van der Waals surface area contributed by atoms with E-state index in [-0.39, 0.29) is 0 Å². The minimum atomic E-state index is 0.449. The second kappa shape index (κ2) is 6.76. The first kappa shape index (κ1) is 16.0.